The molecule has 6 heteroatoms. The second-order valence-electron chi connectivity index (χ2n) is 6.12. The molecule has 1 aliphatic heterocycles. The third-order valence-electron chi connectivity index (χ3n) is 4.62. The Bertz CT molecular complexity index is 619. The highest BCUT2D eigenvalue weighted by atomic mass is 16.2. The molecule has 0 N–H and O–H groups in total. The third-order valence-corrected chi connectivity index (χ3v) is 4.62. The Labute approximate surface area is 137 Å². The van der Waals surface area contributed by atoms with Gasteiger partial charge in [0.25, 0.3) is 0 Å². The standard InChI is InChI=1S/C17H25N5O/c1-2-16-18-9-13-20(16)14-17(23)22-11-4-3-6-15(22)7-12-21-10-5-8-19-21/h5,8-10,13,15H,2-4,6-7,11-12,14H2,1H3. The van der Waals surface area contributed by atoms with E-state index in [0.717, 1.165) is 44.6 Å². The molecule has 1 amide bonds. The van der Waals surface area contributed by atoms with E-state index < -0.39 is 0 Å². The fraction of sp³-hybridized carbons (Fsp3) is 0.588. The molecule has 1 atom stereocenters. The number of carbonyl (C=O) groups excluding carboxylic acids is 1. The zero-order valence-electron chi connectivity index (χ0n) is 13.8. The molecule has 0 saturated carbocycles. The quantitative estimate of drug-likeness (QED) is 0.820. The molecule has 0 radical (unpaired) electrons. The number of likely N-dealkylation sites (tertiary alicyclic amines) is 1. The van der Waals surface area contributed by atoms with Gasteiger partial charge in [-0.15, -0.1) is 0 Å². The maximum atomic E-state index is 12.8. The second kappa shape index (κ2) is 7.44. The number of rotatable bonds is 6. The molecule has 1 unspecified atom stereocenters. The van der Waals surface area contributed by atoms with Gasteiger partial charge < -0.3 is 9.47 Å². The van der Waals surface area contributed by atoms with Crippen molar-refractivity contribution in [3.8, 4) is 0 Å². The molecule has 1 fully saturated rings. The highest BCUT2D eigenvalue weighted by Gasteiger charge is 2.26. The molecule has 124 valence electrons. The fourth-order valence-electron chi connectivity index (χ4n) is 3.38. The average Bonchev–Trinajstić information content (AvgIpc) is 3.24. The maximum absolute atomic E-state index is 12.8. The Kier molecular flexibility index (Phi) is 5.10. The predicted molar refractivity (Wildman–Crippen MR) is 87.8 cm³/mol. The van der Waals surface area contributed by atoms with Crippen LogP contribution in [0.1, 0.15) is 38.4 Å². The van der Waals surface area contributed by atoms with Crippen LogP contribution in [0.3, 0.4) is 0 Å². The lowest BCUT2D eigenvalue weighted by molar-refractivity contribution is -0.135. The van der Waals surface area contributed by atoms with E-state index in [0.29, 0.717) is 12.6 Å². The van der Waals surface area contributed by atoms with Gasteiger partial charge in [-0.1, -0.05) is 6.92 Å². The number of nitrogens with zero attached hydrogens (tertiary/aromatic N) is 5. The zero-order chi connectivity index (χ0) is 16.1. The van der Waals surface area contributed by atoms with Gasteiger partial charge in [0.05, 0.1) is 0 Å². The number of carbonyl (C=O) groups is 1. The summed E-state index contributed by atoms with van der Waals surface area (Å²) in [5.41, 5.74) is 0. The summed E-state index contributed by atoms with van der Waals surface area (Å²) in [4.78, 5) is 19.1. The van der Waals surface area contributed by atoms with Crippen LogP contribution in [0, 0.1) is 0 Å². The molecule has 0 bridgehead atoms. The predicted octanol–water partition coefficient (Wildman–Crippen LogP) is 2.11. The van der Waals surface area contributed by atoms with E-state index in [1.165, 1.54) is 6.42 Å². The molecule has 0 aliphatic carbocycles. The Morgan fingerprint density at radius 2 is 2.22 bits per heavy atom. The van der Waals surface area contributed by atoms with Gasteiger partial charge in [-0.25, -0.2) is 4.98 Å². The van der Waals surface area contributed by atoms with Crippen LogP contribution in [0.2, 0.25) is 0 Å². The van der Waals surface area contributed by atoms with Gasteiger partial charge in [-0.05, 0) is 31.7 Å². The van der Waals surface area contributed by atoms with Crippen LogP contribution in [-0.2, 0) is 24.3 Å². The number of aromatic nitrogens is 4. The summed E-state index contributed by atoms with van der Waals surface area (Å²) >= 11 is 0. The van der Waals surface area contributed by atoms with Gasteiger partial charge in [-0.3, -0.25) is 9.48 Å². The number of hydrogen-bond acceptors (Lipinski definition) is 3. The van der Waals surface area contributed by atoms with Crippen molar-refractivity contribution in [3.05, 3.63) is 36.7 Å². The molecular formula is C17H25N5O. The molecule has 2 aromatic rings. The Hall–Kier alpha value is -2.11. The third kappa shape index (κ3) is 3.81. The molecule has 23 heavy (non-hydrogen) atoms. The van der Waals surface area contributed by atoms with Gasteiger partial charge in [-0.2, -0.15) is 5.10 Å². The van der Waals surface area contributed by atoms with Gasteiger partial charge in [0.15, 0.2) is 0 Å². The summed E-state index contributed by atoms with van der Waals surface area (Å²) in [6.07, 6.45) is 12.7. The molecule has 3 rings (SSSR count). The Morgan fingerprint density at radius 1 is 1.30 bits per heavy atom. The van der Waals surface area contributed by atoms with Gasteiger partial charge in [0.2, 0.25) is 5.91 Å². The first kappa shape index (κ1) is 15.8. The SMILES string of the molecule is CCc1nccn1CC(=O)N1CCCCC1CCn1cccn1. The van der Waals surface area contributed by atoms with Crippen LogP contribution < -0.4 is 0 Å². The van der Waals surface area contributed by atoms with E-state index in [9.17, 15) is 4.79 Å². The molecule has 2 aromatic heterocycles. The van der Waals surface area contributed by atoms with Crippen molar-refractivity contribution in [2.45, 2.75) is 58.2 Å². The first-order chi connectivity index (χ1) is 11.3. The van der Waals surface area contributed by atoms with E-state index >= 15 is 0 Å². The van der Waals surface area contributed by atoms with Crippen molar-refractivity contribution in [1.82, 2.24) is 24.2 Å². The summed E-state index contributed by atoms with van der Waals surface area (Å²) in [7, 11) is 0. The van der Waals surface area contributed by atoms with Crippen LogP contribution in [0.15, 0.2) is 30.9 Å². The lowest BCUT2D eigenvalue weighted by Crippen LogP contribution is -2.45. The molecule has 3 heterocycles. The Morgan fingerprint density at radius 3 is 3.00 bits per heavy atom. The smallest absolute Gasteiger partial charge is 0.242 e. The molecule has 0 aromatic carbocycles. The van der Waals surface area contributed by atoms with Crippen molar-refractivity contribution in [3.63, 3.8) is 0 Å². The van der Waals surface area contributed by atoms with Crippen LogP contribution in [0.5, 0.6) is 0 Å². The highest BCUT2D eigenvalue weighted by Crippen LogP contribution is 2.21. The minimum absolute atomic E-state index is 0.211. The number of aryl methyl sites for hydroxylation is 2. The van der Waals surface area contributed by atoms with E-state index in [4.69, 9.17) is 0 Å². The van der Waals surface area contributed by atoms with Crippen LogP contribution in [-0.4, -0.2) is 42.7 Å². The molecule has 1 saturated heterocycles. The highest BCUT2D eigenvalue weighted by molar-refractivity contribution is 5.76. The molecule has 0 spiro atoms. The minimum Gasteiger partial charge on any atom is -0.338 e. The summed E-state index contributed by atoms with van der Waals surface area (Å²) < 4.78 is 3.92. The van der Waals surface area contributed by atoms with Crippen molar-refractivity contribution < 1.29 is 4.79 Å². The lowest BCUT2D eigenvalue weighted by Gasteiger charge is -2.36. The number of imidazole rings is 1. The largest absolute Gasteiger partial charge is 0.338 e. The summed E-state index contributed by atoms with van der Waals surface area (Å²) in [5.74, 6) is 1.19. The zero-order valence-corrected chi connectivity index (χ0v) is 13.8. The molecule has 1 aliphatic rings. The van der Waals surface area contributed by atoms with Crippen LogP contribution >= 0.6 is 0 Å². The number of amides is 1. The maximum Gasteiger partial charge on any atom is 0.242 e. The average molecular weight is 315 g/mol. The van der Waals surface area contributed by atoms with Crippen LogP contribution in [0.25, 0.3) is 0 Å². The van der Waals surface area contributed by atoms with Crippen LogP contribution in [0.4, 0.5) is 0 Å². The first-order valence-electron chi connectivity index (χ1n) is 8.55. The lowest BCUT2D eigenvalue weighted by atomic mass is 9.99. The molecule has 6 nitrogen and oxygen atoms in total. The van der Waals surface area contributed by atoms with Crippen molar-refractivity contribution in [2.24, 2.45) is 0 Å². The van der Waals surface area contributed by atoms with Crippen molar-refractivity contribution in [1.29, 1.82) is 0 Å². The van der Waals surface area contributed by atoms with E-state index in [-0.39, 0.29) is 5.91 Å². The summed E-state index contributed by atoms with van der Waals surface area (Å²) in [6.45, 7) is 4.21. The van der Waals surface area contributed by atoms with Gasteiger partial charge in [0, 0.05) is 50.3 Å². The Balaban J connectivity index is 1.62. The fourth-order valence-corrected chi connectivity index (χ4v) is 3.38. The van der Waals surface area contributed by atoms with Gasteiger partial charge >= 0.3 is 0 Å². The summed E-state index contributed by atoms with van der Waals surface area (Å²) in [6, 6.07) is 2.27. The second-order valence-corrected chi connectivity index (χ2v) is 6.12. The monoisotopic (exact) mass is 315 g/mol. The summed E-state index contributed by atoms with van der Waals surface area (Å²) in [5, 5.41) is 4.25. The number of piperidine rings is 1. The van der Waals surface area contributed by atoms with Crippen molar-refractivity contribution >= 4 is 5.91 Å². The van der Waals surface area contributed by atoms with E-state index in [1.807, 2.05) is 27.7 Å². The van der Waals surface area contributed by atoms with E-state index in [1.54, 1.807) is 12.4 Å². The normalized spacial score (nSPS) is 18.3. The first-order valence-corrected chi connectivity index (χ1v) is 8.55. The van der Waals surface area contributed by atoms with Gasteiger partial charge in [0.1, 0.15) is 12.4 Å². The van der Waals surface area contributed by atoms with Crippen molar-refractivity contribution in [2.75, 3.05) is 6.54 Å². The number of hydrogen-bond donors (Lipinski definition) is 0. The molecular weight excluding hydrogens is 290 g/mol. The minimum atomic E-state index is 0.211. The van der Waals surface area contributed by atoms with E-state index in [2.05, 4.69) is 21.9 Å². The topological polar surface area (TPSA) is 56.0 Å².